The van der Waals surface area contributed by atoms with Gasteiger partial charge in [-0.25, -0.2) is 0 Å². The third kappa shape index (κ3) is 5.91. The minimum atomic E-state index is -0.294. The lowest BCUT2D eigenvalue weighted by Gasteiger charge is -2.09. The molecular formula is C12H19N3O2. The van der Waals surface area contributed by atoms with Crippen molar-refractivity contribution in [1.82, 2.24) is 10.6 Å². The van der Waals surface area contributed by atoms with E-state index in [1.54, 1.807) is 6.07 Å². The zero-order valence-electron chi connectivity index (χ0n) is 10.00. The number of carbonyl (C=O) groups is 2. The highest BCUT2D eigenvalue weighted by atomic mass is 16.2. The Hall–Kier alpha value is -1.57. The number of carbonyl (C=O) groups excluding carboxylic acids is 2. The van der Waals surface area contributed by atoms with Gasteiger partial charge < -0.3 is 10.6 Å². The van der Waals surface area contributed by atoms with Crippen LogP contribution in [-0.4, -0.2) is 24.9 Å². The Morgan fingerprint density at radius 1 is 1.12 bits per heavy atom. The van der Waals surface area contributed by atoms with E-state index in [4.69, 9.17) is 5.26 Å². The van der Waals surface area contributed by atoms with Crippen LogP contribution in [-0.2, 0) is 9.59 Å². The Kier molecular flexibility index (Phi) is 6.08. The van der Waals surface area contributed by atoms with Crippen LogP contribution in [0.2, 0.25) is 0 Å². The van der Waals surface area contributed by atoms with Gasteiger partial charge in [0.25, 0.3) is 0 Å². The lowest BCUT2D eigenvalue weighted by molar-refractivity contribution is -0.123. The fourth-order valence-electron chi connectivity index (χ4n) is 2.09. The van der Waals surface area contributed by atoms with Crippen molar-refractivity contribution in [2.24, 2.45) is 5.92 Å². The van der Waals surface area contributed by atoms with Crippen molar-refractivity contribution in [1.29, 1.82) is 5.26 Å². The van der Waals surface area contributed by atoms with E-state index < -0.39 is 0 Å². The summed E-state index contributed by atoms with van der Waals surface area (Å²) in [5, 5.41) is 13.6. The van der Waals surface area contributed by atoms with Crippen molar-refractivity contribution in [3.05, 3.63) is 0 Å². The molecule has 5 heteroatoms. The van der Waals surface area contributed by atoms with Gasteiger partial charge in [-0.05, 0) is 18.8 Å². The van der Waals surface area contributed by atoms with Gasteiger partial charge >= 0.3 is 0 Å². The second-order valence-corrected chi connectivity index (χ2v) is 4.39. The zero-order chi connectivity index (χ0) is 12.5. The number of nitrogens with one attached hydrogen (secondary N) is 2. The fraction of sp³-hybridized carbons (Fsp3) is 0.750. The first-order valence-corrected chi connectivity index (χ1v) is 6.12. The van der Waals surface area contributed by atoms with Crippen LogP contribution in [0.5, 0.6) is 0 Å². The summed E-state index contributed by atoms with van der Waals surface area (Å²) in [7, 11) is 0. The Morgan fingerprint density at radius 3 is 2.29 bits per heavy atom. The summed E-state index contributed by atoms with van der Waals surface area (Å²) < 4.78 is 0. The van der Waals surface area contributed by atoms with Crippen LogP contribution in [0.15, 0.2) is 0 Å². The molecule has 1 rings (SSSR count). The molecule has 94 valence electrons. The van der Waals surface area contributed by atoms with Gasteiger partial charge in [-0.1, -0.05) is 12.8 Å². The predicted octanol–water partition coefficient (Wildman–Crippen LogP) is 0.713. The lowest BCUT2D eigenvalue weighted by atomic mass is 10.0. The van der Waals surface area contributed by atoms with Gasteiger partial charge in [-0.15, -0.1) is 0 Å². The van der Waals surface area contributed by atoms with Crippen LogP contribution < -0.4 is 10.6 Å². The van der Waals surface area contributed by atoms with Crippen molar-refractivity contribution in [2.75, 3.05) is 13.1 Å². The topological polar surface area (TPSA) is 82.0 Å². The Morgan fingerprint density at radius 2 is 1.71 bits per heavy atom. The summed E-state index contributed by atoms with van der Waals surface area (Å²) in [4.78, 5) is 22.4. The molecule has 0 aromatic heterocycles. The largest absolute Gasteiger partial charge is 0.354 e. The number of hydrogen-bond acceptors (Lipinski definition) is 3. The SMILES string of the molecule is N#CCC(=O)NCCNC(=O)CC1CCCC1. The molecule has 2 N–H and O–H groups in total. The minimum Gasteiger partial charge on any atom is -0.354 e. The summed E-state index contributed by atoms with van der Waals surface area (Å²) in [5.41, 5.74) is 0. The molecule has 0 aromatic rings. The van der Waals surface area contributed by atoms with E-state index in [0.717, 1.165) is 12.8 Å². The normalized spacial score (nSPS) is 15.2. The highest BCUT2D eigenvalue weighted by Crippen LogP contribution is 2.27. The summed E-state index contributed by atoms with van der Waals surface area (Å²) in [6.07, 6.45) is 5.27. The van der Waals surface area contributed by atoms with Crippen molar-refractivity contribution >= 4 is 11.8 Å². The predicted molar refractivity (Wildman–Crippen MR) is 62.8 cm³/mol. The van der Waals surface area contributed by atoms with Gasteiger partial charge in [0.05, 0.1) is 6.07 Å². The molecule has 0 unspecified atom stereocenters. The van der Waals surface area contributed by atoms with Crippen molar-refractivity contribution in [3.63, 3.8) is 0 Å². The summed E-state index contributed by atoms with van der Waals surface area (Å²) >= 11 is 0. The molecule has 0 aromatic carbocycles. The average Bonchev–Trinajstić information content (AvgIpc) is 2.77. The van der Waals surface area contributed by atoms with E-state index in [2.05, 4.69) is 10.6 Å². The van der Waals surface area contributed by atoms with Crippen LogP contribution in [0.4, 0.5) is 0 Å². The Labute approximate surface area is 102 Å². The highest BCUT2D eigenvalue weighted by Gasteiger charge is 2.17. The number of nitrogens with zero attached hydrogens (tertiary/aromatic N) is 1. The van der Waals surface area contributed by atoms with E-state index in [1.165, 1.54) is 12.8 Å². The standard InChI is InChI=1S/C12H19N3O2/c13-6-5-11(16)14-7-8-15-12(17)9-10-3-1-2-4-10/h10H,1-5,7-9H2,(H,14,16)(H,15,17). The van der Waals surface area contributed by atoms with Crippen LogP contribution >= 0.6 is 0 Å². The maximum atomic E-state index is 11.5. The molecule has 1 aliphatic carbocycles. The van der Waals surface area contributed by atoms with Crippen LogP contribution in [0, 0.1) is 17.2 Å². The first-order valence-electron chi connectivity index (χ1n) is 6.12. The van der Waals surface area contributed by atoms with E-state index in [0.29, 0.717) is 25.4 Å². The molecule has 0 spiro atoms. The fourth-order valence-corrected chi connectivity index (χ4v) is 2.09. The van der Waals surface area contributed by atoms with E-state index in [9.17, 15) is 9.59 Å². The number of nitriles is 1. The van der Waals surface area contributed by atoms with Crippen molar-refractivity contribution < 1.29 is 9.59 Å². The quantitative estimate of drug-likeness (QED) is 0.667. The number of amides is 2. The molecule has 1 aliphatic rings. The van der Waals surface area contributed by atoms with Crippen LogP contribution in [0.1, 0.15) is 38.5 Å². The molecule has 0 atom stereocenters. The summed E-state index contributed by atoms with van der Waals surface area (Å²) in [5.74, 6) is 0.312. The minimum absolute atomic E-state index is 0.0615. The molecule has 0 aliphatic heterocycles. The van der Waals surface area contributed by atoms with Crippen LogP contribution in [0.25, 0.3) is 0 Å². The summed E-state index contributed by atoms with van der Waals surface area (Å²) in [6.45, 7) is 0.819. The first kappa shape index (κ1) is 13.5. The molecule has 2 amide bonds. The Bertz CT molecular complexity index is 303. The molecular weight excluding hydrogens is 218 g/mol. The second kappa shape index (κ2) is 7.66. The molecule has 1 fully saturated rings. The van der Waals surface area contributed by atoms with E-state index >= 15 is 0 Å². The van der Waals surface area contributed by atoms with Crippen molar-refractivity contribution in [2.45, 2.75) is 38.5 Å². The average molecular weight is 237 g/mol. The molecule has 5 nitrogen and oxygen atoms in total. The van der Waals surface area contributed by atoms with Gasteiger partial charge in [0.15, 0.2) is 0 Å². The maximum Gasteiger partial charge on any atom is 0.234 e. The first-order chi connectivity index (χ1) is 8.22. The lowest BCUT2D eigenvalue weighted by Crippen LogP contribution is -2.35. The third-order valence-electron chi connectivity index (χ3n) is 2.96. The number of hydrogen-bond donors (Lipinski definition) is 2. The van der Waals surface area contributed by atoms with Gasteiger partial charge in [-0.2, -0.15) is 5.26 Å². The molecule has 1 saturated carbocycles. The van der Waals surface area contributed by atoms with Crippen molar-refractivity contribution in [3.8, 4) is 6.07 Å². The van der Waals surface area contributed by atoms with Gasteiger partial charge in [0.2, 0.25) is 11.8 Å². The highest BCUT2D eigenvalue weighted by molar-refractivity contribution is 5.78. The maximum absolute atomic E-state index is 11.5. The van der Waals surface area contributed by atoms with Gasteiger partial charge in [0, 0.05) is 19.5 Å². The van der Waals surface area contributed by atoms with Crippen LogP contribution in [0.3, 0.4) is 0 Å². The smallest absolute Gasteiger partial charge is 0.234 e. The Balaban J connectivity index is 2.00. The molecule has 0 bridgehead atoms. The molecule has 0 saturated heterocycles. The second-order valence-electron chi connectivity index (χ2n) is 4.39. The summed E-state index contributed by atoms with van der Waals surface area (Å²) in [6, 6.07) is 1.77. The van der Waals surface area contributed by atoms with Gasteiger partial charge in [-0.3, -0.25) is 9.59 Å². The molecule has 0 heterocycles. The zero-order valence-corrected chi connectivity index (χ0v) is 10.00. The van der Waals surface area contributed by atoms with E-state index in [1.807, 2.05) is 0 Å². The molecule has 0 radical (unpaired) electrons. The third-order valence-corrected chi connectivity index (χ3v) is 2.96. The number of rotatable bonds is 6. The molecule has 17 heavy (non-hydrogen) atoms. The van der Waals surface area contributed by atoms with E-state index in [-0.39, 0.29) is 18.2 Å². The van der Waals surface area contributed by atoms with Gasteiger partial charge in [0.1, 0.15) is 6.42 Å². The monoisotopic (exact) mass is 237 g/mol.